The summed E-state index contributed by atoms with van der Waals surface area (Å²) in [5.74, 6) is 1.14. The van der Waals surface area contributed by atoms with Crippen molar-refractivity contribution in [1.29, 1.82) is 0 Å². The van der Waals surface area contributed by atoms with Crippen molar-refractivity contribution in [2.45, 2.75) is 19.4 Å². The number of aromatic nitrogens is 1. The second-order valence-electron chi connectivity index (χ2n) is 3.61. The molecule has 0 fully saturated rings. The van der Waals surface area contributed by atoms with E-state index >= 15 is 0 Å². The maximum atomic E-state index is 5.65. The number of nitrogens with one attached hydrogen (secondary N) is 1. The van der Waals surface area contributed by atoms with E-state index < -0.39 is 0 Å². The summed E-state index contributed by atoms with van der Waals surface area (Å²) in [6.07, 6.45) is 6.68. The molecule has 0 saturated carbocycles. The van der Waals surface area contributed by atoms with Crippen LogP contribution < -0.4 is 11.1 Å². The van der Waals surface area contributed by atoms with Crippen LogP contribution in [0.2, 0.25) is 0 Å². The number of thioether (sulfide) groups is 1. The van der Waals surface area contributed by atoms with Crippen LogP contribution in [0.4, 0.5) is 5.69 Å². The van der Waals surface area contributed by atoms with Gasteiger partial charge in [0.25, 0.3) is 0 Å². The molecule has 1 aromatic heterocycles. The number of pyridine rings is 1. The molecule has 0 aliphatic rings. The zero-order valence-electron chi connectivity index (χ0n) is 9.56. The van der Waals surface area contributed by atoms with Crippen molar-refractivity contribution < 1.29 is 0 Å². The van der Waals surface area contributed by atoms with Crippen LogP contribution in [-0.4, -0.2) is 28.0 Å². The molecular weight excluding hydrogens is 238 g/mol. The van der Waals surface area contributed by atoms with E-state index in [1.807, 2.05) is 17.8 Å². The van der Waals surface area contributed by atoms with Crippen LogP contribution in [0, 0.1) is 0 Å². The summed E-state index contributed by atoms with van der Waals surface area (Å²) >= 11 is 6.84. The molecule has 88 valence electrons. The fourth-order valence-corrected chi connectivity index (χ4v) is 2.12. The lowest BCUT2D eigenvalue weighted by Gasteiger charge is -2.16. The van der Waals surface area contributed by atoms with Gasteiger partial charge in [-0.05, 0) is 31.4 Å². The lowest BCUT2D eigenvalue weighted by atomic mass is 10.2. The maximum absolute atomic E-state index is 5.65. The average Bonchev–Trinajstić information content (AvgIpc) is 2.27. The van der Waals surface area contributed by atoms with Gasteiger partial charge in [-0.1, -0.05) is 12.2 Å². The van der Waals surface area contributed by atoms with E-state index in [-0.39, 0.29) is 0 Å². The molecule has 1 unspecified atom stereocenters. The van der Waals surface area contributed by atoms with Gasteiger partial charge >= 0.3 is 0 Å². The smallest absolute Gasteiger partial charge is 0.106 e. The van der Waals surface area contributed by atoms with E-state index in [0.717, 1.165) is 23.4 Å². The highest BCUT2D eigenvalue weighted by molar-refractivity contribution is 7.98. The van der Waals surface area contributed by atoms with E-state index in [0.29, 0.717) is 11.0 Å². The van der Waals surface area contributed by atoms with Gasteiger partial charge < -0.3 is 11.1 Å². The maximum Gasteiger partial charge on any atom is 0.106 e. The van der Waals surface area contributed by atoms with Crippen molar-refractivity contribution in [3.63, 3.8) is 0 Å². The zero-order chi connectivity index (χ0) is 12.0. The fraction of sp³-hybridized carbons (Fsp3) is 0.455. The van der Waals surface area contributed by atoms with E-state index in [1.165, 1.54) is 0 Å². The average molecular weight is 255 g/mol. The summed E-state index contributed by atoms with van der Waals surface area (Å²) in [5, 5.41) is 3.38. The molecule has 5 heteroatoms. The van der Waals surface area contributed by atoms with Gasteiger partial charge in [0.15, 0.2) is 0 Å². The molecule has 0 bridgehead atoms. The molecule has 0 aliphatic carbocycles. The van der Waals surface area contributed by atoms with Gasteiger partial charge in [0, 0.05) is 17.8 Å². The van der Waals surface area contributed by atoms with Crippen molar-refractivity contribution in [2.75, 3.05) is 17.3 Å². The molecule has 0 radical (unpaired) electrons. The summed E-state index contributed by atoms with van der Waals surface area (Å²) in [4.78, 5) is 4.48. The third kappa shape index (κ3) is 3.98. The fourth-order valence-electron chi connectivity index (χ4n) is 1.36. The summed E-state index contributed by atoms with van der Waals surface area (Å²) in [6.45, 7) is 2.15. The number of hydrogen-bond donors (Lipinski definition) is 2. The number of nitrogens with zero attached hydrogens (tertiary/aromatic N) is 1. The van der Waals surface area contributed by atoms with Crippen molar-refractivity contribution in [3.05, 3.63) is 24.0 Å². The van der Waals surface area contributed by atoms with Gasteiger partial charge in [-0.25, -0.2) is 0 Å². The van der Waals surface area contributed by atoms with Crippen LogP contribution in [0.3, 0.4) is 0 Å². The minimum Gasteiger partial charge on any atom is -0.389 e. The Morgan fingerprint density at radius 2 is 2.44 bits per heavy atom. The lowest BCUT2D eigenvalue weighted by molar-refractivity contribution is 0.771. The first-order valence-corrected chi connectivity index (χ1v) is 6.94. The predicted molar refractivity (Wildman–Crippen MR) is 76.2 cm³/mol. The molecule has 1 aromatic rings. The highest BCUT2D eigenvalue weighted by Gasteiger charge is 2.07. The van der Waals surface area contributed by atoms with Gasteiger partial charge in [-0.15, -0.1) is 0 Å². The Kier molecular flexibility index (Phi) is 5.55. The van der Waals surface area contributed by atoms with Gasteiger partial charge in [-0.2, -0.15) is 11.8 Å². The monoisotopic (exact) mass is 255 g/mol. The highest BCUT2D eigenvalue weighted by Crippen LogP contribution is 2.15. The Balaban J connectivity index is 2.69. The zero-order valence-corrected chi connectivity index (χ0v) is 11.2. The first kappa shape index (κ1) is 13.3. The third-order valence-corrected chi connectivity index (χ3v) is 3.11. The summed E-state index contributed by atoms with van der Waals surface area (Å²) < 4.78 is 0. The number of thiocarbonyl (C=S) groups is 1. The van der Waals surface area contributed by atoms with Gasteiger partial charge in [-0.3, -0.25) is 4.98 Å². The van der Waals surface area contributed by atoms with Crippen molar-refractivity contribution in [3.8, 4) is 0 Å². The van der Waals surface area contributed by atoms with Crippen molar-refractivity contribution >= 4 is 34.7 Å². The van der Waals surface area contributed by atoms with Crippen molar-refractivity contribution in [1.82, 2.24) is 4.98 Å². The van der Waals surface area contributed by atoms with E-state index in [4.69, 9.17) is 18.0 Å². The first-order chi connectivity index (χ1) is 7.65. The number of nitrogens with two attached hydrogens (primary N) is 1. The third-order valence-electron chi connectivity index (χ3n) is 2.24. The first-order valence-electron chi connectivity index (χ1n) is 5.14. The number of hydrogen-bond acceptors (Lipinski definition) is 4. The Labute approximate surface area is 106 Å². The second-order valence-corrected chi connectivity index (χ2v) is 5.04. The normalized spacial score (nSPS) is 12.1. The number of anilines is 1. The van der Waals surface area contributed by atoms with E-state index in [2.05, 4.69) is 23.5 Å². The quantitative estimate of drug-likeness (QED) is 0.764. The van der Waals surface area contributed by atoms with Crippen LogP contribution in [-0.2, 0) is 0 Å². The SMILES string of the molecule is CSCCC(C)Nc1cnccc1C(N)=S. The molecule has 1 rings (SSSR count). The molecular formula is C11H17N3S2. The summed E-state index contributed by atoms with van der Waals surface area (Å²) in [6, 6.07) is 2.23. The molecule has 0 spiro atoms. The van der Waals surface area contributed by atoms with Crippen molar-refractivity contribution in [2.24, 2.45) is 5.73 Å². The minimum atomic E-state index is 0.393. The topological polar surface area (TPSA) is 50.9 Å². The van der Waals surface area contributed by atoms with Crippen LogP contribution in [0.15, 0.2) is 18.5 Å². The predicted octanol–water partition coefficient (Wildman–Crippen LogP) is 2.27. The van der Waals surface area contributed by atoms with Crippen LogP contribution in [0.5, 0.6) is 0 Å². The van der Waals surface area contributed by atoms with Gasteiger partial charge in [0.05, 0.1) is 11.9 Å². The van der Waals surface area contributed by atoms with Gasteiger partial charge in [0.2, 0.25) is 0 Å². The van der Waals surface area contributed by atoms with Crippen LogP contribution in [0.1, 0.15) is 18.9 Å². The largest absolute Gasteiger partial charge is 0.389 e. The lowest BCUT2D eigenvalue weighted by Crippen LogP contribution is -2.20. The Hall–Kier alpha value is -0.810. The molecule has 16 heavy (non-hydrogen) atoms. The molecule has 0 aromatic carbocycles. The Bertz CT molecular complexity index is 355. The standard InChI is InChI=1S/C11H17N3S2/c1-8(4-6-16-2)14-10-7-13-5-3-9(10)11(12)15/h3,5,7-8,14H,4,6H2,1-2H3,(H2,12,15). The summed E-state index contributed by atoms with van der Waals surface area (Å²) in [5.41, 5.74) is 7.43. The number of rotatable bonds is 6. The summed E-state index contributed by atoms with van der Waals surface area (Å²) in [7, 11) is 0. The van der Waals surface area contributed by atoms with E-state index in [9.17, 15) is 0 Å². The molecule has 3 N–H and O–H groups in total. The highest BCUT2D eigenvalue weighted by atomic mass is 32.2. The molecule has 0 aliphatic heterocycles. The van der Waals surface area contributed by atoms with Crippen LogP contribution >= 0.6 is 24.0 Å². The molecule has 1 atom stereocenters. The Morgan fingerprint density at radius 3 is 3.06 bits per heavy atom. The van der Waals surface area contributed by atoms with E-state index in [1.54, 1.807) is 12.4 Å². The molecule has 0 amide bonds. The second kappa shape index (κ2) is 6.70. The molecule has 0 saturated heterocycles. The Morgan fingerprint density at radius 1 is 1.69 bits per heavy atom. The molecule has 3 nitrogen and oxygen atoms in total. The van der Waals surface area contributed by atoms with Crippen LogP contribution in [0.25, 0.3) is 0 Å². The molecule has 1 heterocycles. The van der Waals surface area contributed by atoms with Gasteiger partial charge in [0.1, 0.15) is 4.99 Å². The minimum absolute atomic E-state index is 0.393.